The highest BCUT2D eigenvalue weighted by Gasteiger charge is 2.07. The second-order valence-electron chi connectivity index (χ2n) is 4.76. The van der Waals surface area contributed by atoms with E-state index in [0.29, 0.717) is 5.75 Å². The summed E-state index contributed by atoms with van der Waals surface area (Å²) in [6.45, 7) is -0.244. The summed E-state index contributed by atoms with van der Waals surface area (Å²) < 4.78 is 17.8. The molecule has 0 heterocycles. The van der Waals surface area contributed by atoms with Crippen molar-refractivity contribution in [2.45, 2.75) is 0 Å². The Labute approximate surface area is 138 Å². The first kappa shape index (κ1) is 17.1. The van der Waals surface area contributed by atoms with Crippen LogP contribution in [0.4, 0.5) is 4.39 Å². The molecule has 0 radical (unpaired) electrons. The minimum Gasteiger partial charge on any atom is -0.497 e. The summed E-state index contributed by atoms with van der Waals surface area (Å²) in [5.74, 6) is -0.709. The predicted octanol–water partition coefficient (Wildman–Crippen LogP) is 1.71. The van der Waals surface area contributed by atoms with Crippen molar-refractivity contribution in [1.82, 2.24) is 10.7 Å². The number of nitrogens with zero attached hydrogens (tertiary/aromatic N) is 1. The van der Waals surface area contributed by atoms with Crippen molar-refractivity contribution in [3.63, 3.8) is 0 Å². The van der Waals surface area contributed by atoms with Gasteiger partial charge in [-0.2, -0.15) is 5.10 Å². The monoisotopic (exact) mass is 329 g/mol. The number of rotatable bonds is 6. The number of carbonyl (C=O) groups excluding carboxylic acids is 2. The second-order valence-corrected chi connectivity index (χ2v) is 4.76. The van der Waals surface area contributed by atoms with E-state index in [1.807, 2.05) is 0 Å². The second kappa shape index (κ2) is 8.42. The third-order valence-corrected chi connectivity index (χ3v) is 3.01. The van der Waals surface area contributed by atoms with Crippen LogP contribution in [0.5, 0.6) is 5.75 Å². The summed E-state index contributed by atoms with van der Waals surface area (Å²) in [4.78, 5) is 23.4. The lowest BCUT2D eigenvalue weighted by atomic mass is 10.2. The fourth-order valence-corrected chi connectivity index (χ4v) is 1.80. The lowest BCUT2D eigenvalue weighted by Gasteiger charge is -2.04. The molecule has 0 atom stereocenters. The van der Waals surface area contributed by atoms with E-state index >= 15 is 0 Å². The van der Waals surface area contributed by atoms with Crippen LogP contribution in [-0.4, -0.2) is 31.7 Å². The molecule has 6 nitrogen and oxygen atoms in total. The Bertz CT molecular complexity index is 745. The minimum absolute atomic E-state index is 0.244. The van der Waals surface area contributed by atoms with Crippen molar-refractivity contribution < 1.29 is 18.7 Å². The zero-order valence-corrected chi connectivity index (χ0v) is 13.0. The van der Waals surface area contributed by atoms with Crippen LogP contribution < -0.4 is 15.5 Å². The molecule has 2 rings (SSSR count). The maximum Gasteiger partial charge on any atom is 0.259 e. The third kappa shape index (κ3) is 5.20. The van der Waals surface area contributed by atoms with E-state index < -0.39 is 17.6 Å². The molecule has 0 aliphatic carbocycles. The Morgan fingerprint density at radius 2 is 1.96 bits per heavy atom. The van der Waals surface area contributed by atoms with Crippen molar-refractivity contribution in [3.05, 3.63) is 65.5 Å². The van der Waals surface area contributed by atoms with Crippen molar-refractivity contribution >= 4 is 18.0 Å². The van der Waals surface area contributed by atoms with Gasteiger partial charge in [-0.3, -0.25) is 9.59 Å². The van der Waals surface area contributed by atoms with Gasteiger partial charge < -0.3 is 10.1 Å². The van der Waals surface area contributed by atoms with E-state index in [2.05, 4.69) is 15.8 Å². The highest BCUT2D eigenvalue weighted by molar-refractivity contribution is 5.96. The Morgan fingerprint density at radius 3 is 2.67 bits per heavy atom. The highest BCUT2D eigenvalue weighted by Crippen LogP contribution is 2.10. The van der Waals surface area contributed by atoms with Crippen LogP contribution in [0.25, 0.3) is 0 Å². The molecule has 0 saturated heterocycles. The van der Waals surface area contributed by atoms with Gasteiger partial charge in [0.2, 0.25) is 0 Å². The molecule has 2 N–H and O–H groups in total. The molecule has 0 aliphatic heterocycles. The number of benzene rings is 2. The SMILES string of the molecule is COc1cccc(/C=N/NC(=O)CNC(=O)c2ccc(F)cc2)c1. The lowest BCUT2D eigenvalue weighted by Crippen LogP contribution is -2.34. The number of hydrogen-bond donors (Lipinski definition) is 2. The summed E-state index contributed by atoms with van der Waals surface area (Å²) in [6, 6.07) is 12.2. The molecule has 24 heavy (non-hydrogen) atoms. The number of nitrogens with one attached hydrogen (secondary N) is 2. The molecule has 0 aromatic heterocycles. The molecule has 124 valence electrons. The average molecular weight is 329 g/mol. The van der Waals surface area contributed by atoms with Crippen LogP contribution in [0.1, 0.15) is 15.9 Å². The smallest absolute Gasteiger partial charge is 0.259 e. The van der Waals surface area contributed by atoms with Crippen LogP contribution in [0.2, 0.25) is 0 Å². The fourth-order valence-electron chi connectivity index (χ4n) is 1.80. The zero-order valence-electron chi connectivity index (χ0n) is 13.0. The molecule has 0 spiro atoms. The van der Waals surface area contributed by atoms with Gasteiger partial charge in [-0.05, 0) is 42.0 Å². The van der Waals surface area contributed by atoms with Crippen molar-refractivity contribution in [1.29, 1.82) is 0 Å². The van der Waals surface area contributed by atoms with Gasteiger partial charge in [0.15, 0.2) is 0 Å². The first-order valence-corrected chi connectivity index (χ1v) is 7.08. The van der Waals surface area contributed by atoms with E-state index in [1.165, 1.54) is 30.5 Å². The number of halogens is 1. The molecule has 2 aromatic carbocycles. The summed E-state index contributed by atoms with van der Waals surface area (Å²) in [7, 11) is 1.56. The number of hydrogen-bond acceptors (Lipinski definition) is 4. The van der Waals surface area contributed by atoms with Gasteiger partial charge in [0.1, 0.15) is 11.6 Å². The zero-order chi connectivity index (χ0) is 17.4. The first-order valence-electron chi connectivity index (χ1n) is 7.08. The van der Waals surface area contributed by atoms with Gasteiger partial charge in [-0.1, -0.05) is 12.1 Å². The Balaban J connectivity index is 1.79. The summed E-state index contributed by atoms with van der Waals surface area (Å²) in [5, 5.41) is 6.22. The summed E-state index contributed by atoms with van der Waals surface area (Å²) in [5.41, 5.74) is 3.32. The van der Waals surface area contributed by atoms with Crippen LogP contribution in [0, 0.1) is 5.82 Å². The number of methoxy groups -OCH3 is 1. The van der Waals surface area contributed by atoms with Crippen LogP contribution in [0.15, 0.2) is 53.6 Å². The maximum absolute atomic E-state index is 12.8. The summed E-state index contributed by atoms with van der Waals surface area (Å²) in [6.07, 6.45) is 1.46. The van der Waals surface area contributed by atoms with Crippen molar-refractivity contribution in [2.75, 3.05) is 13.7 Å². The normalized spacial score (nSPS) is 10.4. The number of carbonyl (C=O) groups is 2. The predicted molar refractivity (Wildman–Crippen MR) is 87.5 cm³/mol. The fraction of sp³-hybridized carbons (Fsp3) is 0.118. The molecule has 0 saturated carbocycles. The van der Waals surface area contributed by atoms with Gasteiger partial charge in [-0.15, -0.1) is 0 Å². The maximum atomic E-state index is 12.8. The standard InChI is InChI=1S/C17H16FN3O3/c1-24-15-4-2-3-12(9-15)10-20-21-16(22)11-19-17(23)13-5-7-14(18)8-6-13/h2-10H,11H2,1H3,(H,19,23)(H,21,22)/b20-10+. The van der Waals surface area contributed by atoms with Crippen LogP contribution in [0.3, 0.4) is 0 Å². The molecule has 0 unspecified atom stereocenters. The molecule has 2 amide bonds. The highest BCUT2D eigenvalue weighted by atomic mass is 19.1. The van der Waals surface area contributed by atoms with Gasteiger partial charge in [0, 0.05) is 5.56 Å². The third-order valence-electron chi connectivity index (χ3n) is 3.01. The van der Waals surface area contributed by atoms with Crippen molar-refractivity contribution in [2.24, 2.45) is 5.10 Å². The average Bonchev–Trinajstić information content (AvgIpc) is 2.60. The molecule has 0 bridgehead atoms. The number of amides is 2. The molecular weight excluding hydrogens is 313 g/mol. The van der Waals surface area contributed by atoms with E-state index in [-0.39, 0.29) is 12.1 Å². The number of ether oxygens (including phenoxy) is 1. The van der Waals surface area contributed by atoms with Crippen LogP contribution in [-0.2, 0) is 4.79 Å². The first-order chi connectivity index (χ1) is 11.6. The van der Waals surface area contributed by atoms with E-state index in [1.54, 1.807) is 31.4 Å². The molecule has 7 heteroatoms. The van der Waals surface area contributed by atoms with Gasteiger partial charge in [0.05, 0.1) is 19.9 Å². The molecular formula is C17H16FN3O3. The topological polar surface area (TPSA) is 79.8 Å². The van der Waals surface area contributed by atoms with E-state index in [4.69, 9.17) is 4.74 Å². The van der Waals surface area contributed by atoms with Crippen molar-refractivity contribution in [3.8, 4) is 5.75 Å². The molecule has 0 aliphatic rings. The molecule has 2 aromatic rings. The van der Waals surface area contributed by atoms with Crippen LogP contribution >= 0.6 is 0 Å². The Morgan fingerprint density at radius 1 is 1.21 bits per heavy atom. The quantitative estimate of drug-likeness (QED) is 0.625. The number of hydrazone groups is 1. The summed E-state index contributed by atoms with van der Waals surface area (Å²) >= 11 is 0. The van der Waals surface area contributed by atoms with Gasteiger partial charge in [0.25, 0.3) is 11.8 Å². The Hall–Kier alpha value is -3.22. The van der Waals surface area contributed by atoms with Gasteiger partial charge in [-0.25, -0.2) is 9.82 Å². The van der Waals surface area contributed by atoms with Gasteiger partial charge >= 0.3 is 0 Å². The Kier molecular flexibility index (Phi) is 6.01. The largest absolute Gasteiger partial charge is 0.497 e. The minimum atomic E-state index is -0.482. The van der Waals surface area contributed by atoms with E-state index in [9.17, 15) is 14.0 Å². The lowest BCUT2D eigenvalue weighted by molar-refractivity contribution is -0.120. The molecule has 0 fully saturated rings. The van der Waals surface area contributed by atoms with E-state index in [0.717, 1.165) is 5.56 Å².